The maximum absolute atomic E-state index is 13.3. The Morgan fingerprint density at radius 2 is 1.86 bits per heavy atom. The number of nitrogens with one attached hydrogen (secondary N) is 1. The molecule has 28 heavy (non-hydrogen) atoms. The van der Waals surface area contributed by atoms with Crippen LogP contribution in [0.5, 0.6) is 5.88 Å². The van der Waals surface area contributed by atoms with Gasteiger partial charge in [0.15, 0.2) is 0 Å². The molecule has 0 atom stereocenters. The summed E-state index contributed by atoms with van der Waals surface area (Å²) < 4.78 is 44.4. The van der Waals surface area contributed by atoms with Gasteiger partial charge in [0, 0.05) is 23.7 Å². The topological polar surface area (TPSA) is 68.6 Å². The Hall–Kier alpha value is -3.62. The summed E-state index contributed by atoms with van der Waals surface area (Å²) in [6.07, 6.45) is 6.36. The van der Waals surface area contributed by atoms with Crippen molar-refractivity contribution < 1.29 is 17.9 Å². The Balaban J connectivity index is 0.000000320. The van der Waals surface area contributed by atoms with Gasteiger partial charge < -0.3 is 9.72 Å². The molecule has 3 aromatic heterocycles. The molecule has 4 rings (SSSR count). The van der Waals surface area contributed by atoms with E-state index in [1.165, 1.54) is 35.5 Å². The Morgan fingerprint density at radius 1 is 1.04 bits per heavy atom. The van der Waals surface area contributed by atoms with E-state index in [9.17, 15) is 13.2 Å². The van der Waals surface area contributed by atoms with Crippen LogP contribution < -0.4 is 4.74 Å². The first-order valence-electron chi connectivity index (χ1n) is 8.22. The third-order valence-electron chi connectivity index (χ3n) is 3.55. The number of ether oxygens (including phenoxy) is 1. The van der Waals surface area contributed by atoms with Crippen molar-refractivity contribution in [3.8, 4) is 17.0 Å². The lowest BCUT2D eigenvalue weighted by Crippen LogP contribution is -2.04. The van der Waals surface area contributed by atoms with Gasteiger partial charge in [0.1, 0.15) is 18.5 Å². The summed E-state index contributed by atoms with van der Waals surface area (Å²) in [5.41, 5.74) is 1.38. The molecular formula is C19H16F3N5O. The number of pyridine rings is 1. The predicted molar refractivity (Wildman–Crippen MR) is 96.2 cm³/mol. The van der Waals surface area contributed by atoms with Gasteiger partial charge in [-0.05, 0) is 35.9 Å². The van der Waals surface area contributed by atoms with Crippen molar-refractivity contribution >= 4 is 0 Å². The highest BCUT2D eigenvalue weighted by molar-refractivity contribution is 5.70. The number of hydrogen-bond acceptors (Lipinski definition) is 4. The van der Waals surface area contributed by atoms with Gasteiger partial charge in [-0.1, -0.05) is 18.2 Å². The minimum Gasteiger partial charge on any atom is -0.418 e. The van der Waals surface area contributed by atoms with Crippen LogP contribution in [-0.4, -0.2) is 31.3 Å². The van der Waals surface area contributed by atoms with Gasteiger partial charge in [-0.25, -0.2) is 14.1 Å². The smallest absolute Gasteiger partial charge is 0.388 e. The molecule has 9 heteroatoms. The Kier molecular flexibility index (Phi) is 6.40. The van der Waals surface area contributed by atoms with Crippen LogP contribution in [0.4, 0.5) is 13.2 Å². The van der Waals surface area contributed by atoms with Crippen LogP contribution in [0.1, 0.15) is 5.69 Å². The van der Waals surface area contributed by atoms with Gasteiger partial charge >= 0.3 is 6.61 Å². The molecule has 6 nitrogen and oxygen atoms in total. The third-order valence-corrected chi connectivity index (χ3v) is 3.55. The van der Waals surface area contributed by atoms with E-state index in [0.717, 1.165) is 0 Å². The predicted octanol–water partition coefficient (Wildman–Crippen LogP) is 4.14. The zero-order valence-electron chi connectivity index (χ0n) is 14.5. The lowest BCUT2D eigenvalue weighted by Gasteiger charge is -2.05. The number of aromatic amines is 1. The molecule has 0 aliphatic rings. The molecule has 0 amide bonds. The number of halogens is 3. The van der Waals surface area contributed by atoms with Crippen molar-refractivity contribution in [2.24, 2.45) is 0 Å². The number of H-pyrrole nitrogens is 1. The number of benzene rings is 1. The largest absolute Gasteiger partial charge is 0.418 e. The monoisotopic (exact) mass is 387 g/mol. The van der Waals surface area contributed by atoms with Gasteiger partial charge in [0.05, 0.1) is 6.54 Å². The first-order valence-corrected chi connectivity index (χ1v) is 8.22. The van der Waals surface area contributed by atoms with E-state index >= 15 is 0 Å². The van der Waals surface area contributed by atoms with Crippen LogP contribution in [0.3, 0.4) is 0 Å². The SMILES string of the molecule is Fc1cccc(-c2cc(Cn3cncn3)[nH]c2OC(F)F)c1.c1ccncc1. The number of aromatic nitrogens is 5. The molecule has 3 heterocycles. The van der Waals surface area contributed by atoms with E-state index in [-0.39, 0.29) is 5.88 Å². The van der Waals surface area contributed by atoms with Crippen molar-refractivity contribution in [3.63, 3.8) is 0 Å². The van der Waals surface area contributed by atoms with Crippen LogP contribution >= 0.6 is 0 Å². The minimum absolute atomic E-state index is 0.115. The molecule has 0 fully saturated rings. The van der Waals surface area contributed by atoms with E-state index in [2.05, 4.69) is 24.8 Å². The first kappa shape index (κ1) is 19.2. The molecule has 0 radical (unpaired) electrons. The highest BCUT2D eigenvalue weighted by Crippen LogP contribution is 2.32. The second-order valence-electron chi connectivity index (χ2n) is 5.54. The molecule has 0 spiro atoms. The first-order chi connectivity index (χ1) is 13.6. The fourth-order valence-corrected chi connectivity index (χ4v) is 2.43. The summed E-state index contributed by atoms with van der Waals surface area (Å²) in [4.78, 5) is 10.3. The molecule has 0 aliphatic carbocycles. The summed E-state index contributed by atoms with van der Waals surface area (Å²) in [5, 5.41) is 3.93. The molecule has 0 bridgehead atoms. The Morgan fingerprint density at radius 3 is 2.43 bits per heavy atom. The van der Waals surface area contributed by atoms with Gasteiger partial charge in [-0.15, -0.1) is 0 Å². The summed E-state index contributed by atoms with van der Waals surface area (Å²) in [6, 6.07) is 13.0. The van der Waals surface area contributed by atoms with E-state index in [1.54, 1.807) is 24.5 Å². The molecule has 0 unspecified atom stereocenters. The summed E-state index contributed by atoms with van der Waals surface area (Å²) in [6.45, 7) is -2.68. The Bertz CT molecular complexity index is 948. The van der Waals surface area contributed by atoms with Crippen molar-refractivity contribution in [1.82, 2.24) is 24.7 Å². The van der Waals surface area contributed by atoms with Gasteiger partial charge in [-0.3, -0.25) is 4.98 Å². The number of alkyl halides is 2. The molecule has 144 valence electrons. The van der Waals surface area contributed by atoms with Crippen LogP contribution in [0.2, 0.25) is 0 Å². The average molecular weight is 387 g/mol. The van der Waals surface area contributed by atoms with Gasteiger partial charge in [-0.2, -0.15) is 13.9 Å². The van der Waals surface area contributed by atoms with Crippen LogP contribution in [0.25, 0.3) is 11.1 Å². The van der Waals surface area contributed by atoms with Crippen molar-refractivity contribution in [2.45, 2.75) is 13.2 Å². The second kappa shape index (κ2) is 9.36. The highest BCUT2D eigenvalue weighted by Gasteiger charge is 2.16. The molecule has 0 saturated carbocycles. The summed E-state index contributed by atoms with van der Waals surface area (Å²) in [5.74, 6) is -0.574. The maximum Gasteiger partial charge on any atom is 0.388 e. The number of rotatable bonds is 5. The zero-order chi connectivity index (χ0) is 19.8. The third kappa shape index (κ3) is 5.44. The normalized spacial score (nSPS) is 10.4. The van der Waals surface area contributed by atoms with Crippen LogP contribution in [0.15, 0.2) is 73.6 Å². The fraction of sp³-hybridized carbons (Fsp3) is 0.105. The van der Waals surface area contributed by atoms with Crippen LogP contribution in [0, 0.1) is 5.82 Å². The van der Waals surface area contributed by atoms with Gasteiger partial charge in [0.25, 0.3) is 0 Å². The van der Waals surface area contributed by atoms with E-state index < -0.39 is 12.4 Å². The Labute approximate surface area is 158 Å². The van der Waals surface area contributed by atoms with Crippen molar-refractivity contribution in [1.29, 1.82) is 0 Å². The van der Waals surface area contributed by atoms with E-state index in [0.29, 0.717) is 23.4 Å². The summed E-state index contributed by atoms with van der Waals surface area (Å²) in [7, 11) is 0. The average Bonchev–Trinajstić information content (AvgIpc) is 3.33. The van der Waals surface area contributed by atoms with Crippen molar-refractivity contribution in [3.05, 3.63) is 85.1 Å². The molecule has 1 aromatic carbocycles. The van der Waals surface area contributed by atoms with E-state index in [1.807, 2.05) is 18.2 Å². The molecule has 4 aromatic rings. The molecular weight excluding hydrogens is 371 g/mol. The lowest BCUT2D eigenvalue weighted by molar-refractivity contribution is -0.0521. The van der Waals surface area contributed by atoms with Crippen molar-refractivity contribution in [2.75, 3.05) is 0 Å². The summed E-state index contributed by atoms with van der Waals surface area (Å²) >= 11 is 0. The van der Waals surface area contributed by atoms with Crippen LogP contribution in [-0.2, 0) is 6.54 Å². The highest BCUT2D eigenvalue weighted by atomic mass is 19.3. The quantitative estimate of drug-likeness (QED) is 0.559. The van der Waals surface area contributed by atoms with E-state index in [4.69, 9.17) is 0 Å². The maximum atomic E-state index is 13.3. The zero-order valence-corrected chi connectivity index (χ0v) is 14.5. The standard InChI is InChI=1S/C14H11F3N4O.C5H5N/c15-10-3-1-2-9(4-10)12-5-11(6-21-8-18-7-19-21)20-13(12)22-14(16)17;1-2-4-6-5-3-1/h1-5,7-8,14,20H,6H2;1-5H. The second-order valence-corrected chi connectivity index (χ2v) is 5.54. The van der Waals surface area contributed by atoms with Gasteiger partial charge in [0.2, 0.25) is 5.88 Å². The lowest BCUT2D eigenvalue weighted by atomic mass is 10.1. The molecule has 1 N–H and O–H groups in total. The molecule has 0 aliphatic heterocycles. The molecule has 0 saturated heterocycles. The fourth-order valence-electron chi connectivity index (χ4n) is 2.43. The minimum atomic E-state index is -2.98. The number of hydrogen-bond donors (Lipinski definition) is 1. The number of nitrogens with zero attached hydrogens (tertiary/aromatic N) is 4.